The second-order valence-electron chi connectivity index (χ2n) is 5.07. The predicted molar refractivity (Wildman–Crippen MR) is 107 cm³/mol. The van der Waals surface area contributed by atoms with E-state index in [4.69, 9.17) is 9.15 Å². The fourth-order valence-electron chi connectivity index (χ4n) is 2.02. The van der Waals surface area contributed by atoms with Crippen molar-refractivity contribution in [2.75, 3.05) is 18.2 Å². The zero-order chi connectivity index (χ0) is 18.5. The van der Waals surface area contributed by atoms with Gasteiger partial charge in [0.1, 0.15) is 5.75 Å². The van der Waals surface area contributed by atoms with E-state index in [2.05, 4.69) is 47.4 Å². The summed E-state index contributed by atoms with van der Waals surface area (Å²) in [7, 11) is 1.61. The lowest BCUT2D eigenvalue weighted by atomic mass is 10.2. The van der Waals surface area contributed by atoms with E-state index in [0.717, 1.165) is 20.3 Å². The van der Waals surface area contributed by atoms with E-state index in [1.807, 2.05) is 42.5 Å². The molecule has 26 heavy (non-hydrogen) atoms. The summed E-state index contributed by atoms with van der Waals surface area (Å²) in [5, 5.41) is 11.1. The zero-order valence-corrected chi connectivity index (χ0v) is 17.5. The maximum Gasteiger partial charge on any atom is 0.277 e. The van der Waals surface area contributed by atoms with Crippen LogP contribution in [0.25, 0.3) is 11.5 Å². The first-order valence-corrected chi connectivity index (χ1v) is 9.98. The van der Waals surface area contributed by atoms with E-state index in [9.17, 15) is 4.79 Å². The summed E-state index contributed by atoms with van der Waals surface area (Å²) in [6, 6.07) is 12.8. The fraction of sp³-hybridized carbons (Fsp3) is 0.118. The minimum absolute atomic E-state index is 0.159. The molecular formula is C17H13Br2N3O3S. The third-order valence-corrected chi connectivity index (χ3v) is 5.97. The molecule has 2 aromatic carbocycles. The van der Waals surface area contributed by atoms with Gasteiger partial charge in [0.05, 0.1) is 12.9 Å². The third kappa shape index (κ3) is 4.87. The maximum atomic E-state index is 12.1. The number of rotatable bonds is 6. The van der Waals surface area contributed by atoms with Gasteiger partial charge in [0.25, 0.3) is 5.22 Å². The number of carbonyl (C=O) groups excluding carboxylic acids is 1. The number of nitrogens with zero attached hydrogens (tertiary/aromatic N) is 2. The summed E-state index contributed by atoms with van der Waals surface area (Å²) in [4.78, 5) is 12.1. The van der Waals surface area contributed by atoms with Gasteiger partial charge in [-0.25, -0.2) is 0 Å². The SMILES string of the molecule is COc1ccc(-c2nnc(SCC(=O)Nc3ccc(Br)c(Br)c3)o2)cc1. The highest BCUT2D eigenvalue weighted by Crippen LogP contribution is 2.27. The lowest BCUT2D eigenvalue weighted by Crippen LogP contribution is -2.13. The van der Waals surface area contributed by atoms with E-state index >= 15 is 0 Å². The molecule has 0 bridgehead atoms. The van der Waals surface area contributed by atoms with Crippen LogP contribution in [0.5, 0.6) is 5.75 Å². The number of halogens is 2. The Morgan fingerprint density at radius 3 is 2.62 bits per heavy atom. The molecule has 0 radical (unpaired) electrons. The van der Waals surface area contributed by atoms with Gasteiger partial charge in [0.15, 0.2) is 0 Å². The summed E-state index contributed by atoms with van der Waals surface area (Å²) in [5.41, 5.74) is 1.49. The Morgan fingerprint density at radius 1 is 1.15 bits per heavy atom. The molecule has 6 nitrogen and oxygen atoms in total. The first kappa shape index (κ1) is 18.9. The van der Waals surface area contributed by atoms with Crippen LogP contribution in [0.1, 0.15) is 0 Å². The Labute approximate surface area is 171 Å². The monoisotopic (exact) mass is 497 g/mol. The van der Waals surface area contributed by atoms with Crippen LogP contribution in [0.15, 0.2) is 61.0 Å². The summed E-state index contributed by atoms with van der Waals surface area (Å²) < 4.78 is 12.5. The van der Waals surface area contributed by atoms with E-state index < -0.39 is 0 Å². The van der Waals surface area contributed by atoms with Crippen LogP contribution in [-0.2, 0) is 4.79 Å². The molecule has 0 aliphatic carbocycles. The lowest BCUT2D eigenvalue weighted by molar-refractivity contribution is -0.113. The van der Waals surface area contributed by atoms with Gasteiger partial charge in [-0.3, -0.25) is 4.79 Å². The highest BCUT2D eigenvalue weighted by molar-refractivity contribution is 9.13. The highest BCUT2D eigenvalue weighted by atomic mass is 79.9. The molecule has 1 N–H and O–H groups in total. The maximum absolute atomic E-state index is 12.1. The standard InChI is InChI=1S/C17H13Br2N3O3S/c1-24-12-5-2-10(3-6-12)16-21-22-17(25-16)26-9-15(23)20-11-4-7-13(18)14(19)8-11/h2-8H,9H2,1H3,(H,20,23). The molecular weight excluding hydrogens is 486 g/mol. The second kappa shape index (κ2) is 8.70. The van der Waals surface area contributed by atoms with Crippen LogP contribution >= 0.6 is 43.6 Å². The number of thioether (sulfide) groups is 1. The Morgan fingerprint density at radius 2 is 1.92 bits per heavy atom. The molecule has 1 aromatic heterocycles. The van der Waals surface area contributed by atoms with Crippen molar-refractivity contribution in [2.45, 2.75) is 5.22 Å². The van der Waals surface area contributed by atoms with Crippen LogP contribution in [0.2, 0.25) is 0 Å². The van der Waals surface area contributed by atoms with E-state index in [1.54, 1.807) is 7.11 Å². The van der Waals surface area contributed by atoms with Gasteiger partial charge in [-0.2, -0.15) is 0 Å². The topological polar surface area (TPSA) is 77.2 Å². The van der Waals surface area contributed by atoms with Gasteiger partial charge < -0.3 is 14.5 Å². The number of amides is 1. The van der Waals surface area contributed by atoms with Crippen molar-refractivity contribution in [3.8, 4) is 17.2 Å². The number of hydrogen-bond acceptors (Lipinski definition) is 6. The van der Waals surface area contributed by atoms with Crippen molar-refractivity contribution in [2.24, 2.45) is 0 Å². The molecule has 1 amide bonds. The van der Waals surface area contributed by atoms with Gasteiger partial charge >= 0.3 is 0 Å². The molecule has 0 aliphatic heterocycles. The molecule has 3 rings (SSSR count). The van der Waals surface area contributed by atoms with Crippen LogP contribution in [-0.4, -0.2) is 29.0 Å². The molecule has 134 valence electrons. The van der Waals surface area contributed by atoms with Crippen molar-refractivity contribution in [3.63, 3.8) is 0 Å². The molecule has 0 fully saturated rings. The first-order valence-electron chi connectivity index (χ1n) is 7.41. The number of carbonyl (C=O) groups is 1. The number of benzene rings is 2. The van der Waals surface area contributed by atoms with Crippen molar-refractivity contribution < 1.29 is 13.9 Å². The number of methoxy groups -OCH3 is 1. The van der Waals surface area contributed by atoms with Gasteiger partial charge in [-0.15, -0.1) is 10.2 Å². The number of anilines is 1. The van der Waals surface area contributed by atoms with Crippen molar-refractivity contribution >= 4 is 55.2 Å². The molecule has 0 spiro atoms. The van der Waals surface area contributed by atoms with Crippen LogP contribution < -0.4 is 10.1 Å². The quantitative estimate of drug-likeness (QED) is 0.482. The van der Waals surface area contributed by atoms with Gasteiger partial charge in [0.2, 0.25) is 11.8 Å². The van der Waals surface area contributed by atoms with Crippen LogP contribution in [0.3, 0.4) is 0 Å². The van der Waals surface area contributed by atoms with Crippen molar-refractivity contribution in [1.29, 1.82) is 0 Å². The fourth-order valence-corrected chi connectivity index (χ4v) is 3.21. The largest absolute Gasteiger partial charge is 0.497 e. The predicted octanol–water partition coefficient (Wildman–Crippen LogP) is 5.00. The zero-order valence-electron chi connectivity index (χ0n) is 13.5. The Hall–Kier alpha value is -1.84. The number of hydrogen-bond donors (Lipinski definition) is 1. The molecule has 0 aliphatic rings. The average Bonchev–Trinajstić information content (AvgIpc) is 3.12. The van der Waals surface area contributed by atoms with E-state index in [-0.39, 0.29) is 11.7 Å². The summed E-state index contributed by atoms with van der Waals surface area (Å²) in [5.74, 6) is 1.15. The summed E-state index contributed by atoms with van der Waals surface area (Å²) >= 11 is 7.97. The molecule has 0 atom stereocenters. The van der Waals surface area contributed by atoms with Crippen molar-refractivity contribution in [1.82, 2.24) is 10.2 Å². The van der Waals surface area contributed by atoms with Crippen molar-refractivity contribution in [3.05, 3.63) is 51.4 Å². The highest BCUT2D eigenvalue weighted by Gasteiger charge is 2.12. The summed E-state index contributed by atoms with van der Waals surface area (Å²) in [6.45, 7) is 0. The molecule has 0 unspecified atom stereocenters. The van der Waals surface area contributed by atoms with E-state index in [0.29, 0.717) is 16.8 Å². The van der Waals surface area contributed by atoms with Crippen LogP contribution in [0.4, 0.5) is 5.69 Å². The Bertz CT molecular complexity index is 916. The average molecular weight is 499 g/mol. The van der Waals surface area contributed by atoms with Crippen LogP contribution in [0, 0.1) is 0 Å². The van der Waals surface area contributed by atoms with Gasteiger partial charge in [-0.1, -0.05) is 11.8 Å². The molecule has 0 saturated heterocycles. The normalized spacial score (nSPS) is 10.6. The molecule has 3 aromatic rings. The van der Waals surface area contributed by atoms with Gasteiger partial charge in [-0.05, 0) is 74.3 Å². The first-order chi connectivity index (χ1) is 12.5. The molecule has 0 saturated carbocycles. The third-order valence-electron chi connectivity index (χ3n) is 3.27. The van der Waals surface area contributed by atoms with E-state index in [1.165, 1.54) is 11.8 Å². The minimum atomic E-state index is -0.159. The molecule has 1 heterocycles. The minimum Gasteiger partial charge on any atom is -0.497 e. The number of nitrogens with one attached hydrogen (secondary N) is 1. The smallest absolute Gasteiger partial charge is 0.277 e. The lowest BCUT2D eigenvalue weighted by Gasteiger charge is -2.05. The number of ether oxygens (including phenoxy) is 1. The summed E-state index contributed by atoms with van der Waals surface area (Å²) in [6.07, 6.45) is 0. The van der Waals surface area contributed by atoms with Gasteiger partial charge in [0, 0.05) is 20.2 Å². The second-order valence-corrected chi connectivity index (χ2v) is 7.70. The Balaban J connectivity index is 1.56. The number of aromatic nitrogens is 2. The molecule has 9 heteroatoms. The Kier molecular flexibility index (Phi) is 6.33.